The van der Waals surface area contributed by atoms with Crippen LogP contribution in [0.3, 0.4) is 0 Å². The number of rotatable bonds is 10. The number of hydrogen-bond donors (Lipinski definition) is 0. The molecule has 0 aliphatic carbocycles. The van der Waals surface area contributed by atoms with Gasteiger partial charge in [0, 0.05) is 0 Å². The third-order valence-corrected chi connectivity index (χ3v) is 3.48. The molecule has 130 valence electrons. The fourth-order valence-electron chi connectivity index (χ4n) is 1.96. The molecule has 2 nitrogen and oxygen atoms in total. The summed E-state index contributed by atoms with van der Waals surface area (Å²) in [4.78, 5) is 11.6. The van der Waals surface area contributed by atoms with Gasteiger partial charge in [0.15, 0.2) is 0 Å². The molecule has 0 amide bonds. The van der Waals surface area contributed by atoms with Crippen molar-refractivity contribution in [1.82, 2.24) is 0 Å². The summed E-state index contributed by atoms with van der Waals surface area (Å²) in [5, 5.41) is 0. The van der Waals surface area contributed by atoms with Crippen LogP contribution in [0.2, 0.25) is 0 Å². The minimum Gasteiger partial charge on any atom is -0.461 e. The van der Waals surface area contributed by atoms with Crippen molar-refractivity contribution in [1.29, 1.82) is 0 Å². The highest BCUT2D eigenvalue weighted by Crippen LogP contribution is 2.12. The molecule has 0 N–H and O–H groups in total. The molecule has 0 heterocycles. The van der Waals surface area contributed by atoms with Crippen LogP contribution in [-0.2, 0) is 9.53 Å². The Hall–Kier alpha value is -1.57. The molecule has 0 aromatic heterocycles. The summed E-state index contributed by atoms with van der Waals surface area (Å²) in [6.45, 7) is 12.9. The highest BCUT2D eigenvalue weighted by molar-refractivity contribution is 5.71. The maximum absolute atomic E-state index is 11.6. The Balaban J connectivity index is 3.99. The monoisotopic (exact) mass is 318 g/mol. The normalized spacial score (nSPS) is 11.9. The number of carbonyl (C=O) groups excluding carboxylic acids is 1. The average molecular weight is 319 g/mol. The van der Waals surface area contributed by atoms with E-state index in [0.29, 0.717) is 13.0 Å². The van der Waals surface area contributed by atoms with Gasteiger partial charge in [-0.2, -0.15) is 0 Å². The molecule has 0 radical (unpaired) electrons. The summed E-state index contributed by atoms with van der Waals surface area (Å²) in [6, 6.07) is 0. The van der Waals surface area contributed by atoms with Gasteiger partial charge in [0.1, 0.15) is 6.61 Å². The van der Waals surface area contributed by atoms with Crippen LogP contribution in [0.25, 0.3) is 0 Å². The number of esters is 1. The molecule has 0 saturated heterocycles. The van der Waals surface area contributed by atoms with Crippen LogP contribution in [0, 0.1) is 0 Å². The van der Waals surface area contributed by atoms with Crippen molar-refractivity contribution in [3.63, 3.8) is 0 Å². The zero-order chi connectivity index (χ0) is 17.7. The minimum absolute atomic E-state index is 0.157. The van der Waals surface area contributed by atoms with Gasteiger partial charge in [-0.05, 0) is 73.3 Å². The molecule has 0 aromatic rings. The van der Waals surface area contributed by atoms with Gasteiger partial charge in [-0.15, -0.1) is 0 Å². The van der Waals surface area contributed by atoms with E-state index in [2.05, 4.69) is 39.8 Å². The zero-order valence-corrected chi connectivity index (χ0v) is 15.9. The quantitative estimate of drug-likeness (QED) is 0.349. The number of hydrogen-bond acceptors (Lipinski definition) is 2. The second-order valence-corrected chi connectivity index (χ2v) is 6.63. The molecule has 0 spiro atoms. The van der Waals surface area contributed by atoms with E-state index in [1.54, 1.807) is 0 Å². The lowest BCUT2D eigenvalue weighted by molar-refractivity contribution is -0.141. The molecule has 2 heteroatoms. The molecule has 0 bridgehead atoms. The summed E-state index contributed by atoms with van der Waals surface area (Å²) in [6.07, 6.45) is 13.1. The van der Waals surface area contributed by atoms with E-state index in [1.165, 1.54) is 16.7 Å². The van der Waals surface area contributed by atoms with Crippen molar-refractivity contribution in [2.45, 2.75) is 73.6 Å². The van der Waals surface area contributed by atoms with Crippen LogP contribution in [0.1, 0.15) is 73.6 Å². The summed E-state index contributed by atoms with van der Waals surface area (Å²) >= 11 is 0. The molecule has 0 saturated carbocycles. The van der Waals surface area contributed by atoms with Crippen molar-refractivity contribution in [3.05, 3.63) is 46.6 Å². The first-order chi connectivity index (χ1) is 10.8. The predicted octanol–water partition coefficient (Wildman–Crippen LogP) is 6.31. The van der Waals surface area contributed by atoms with Gasteiger partial charge in [0.25, 0.3) is 0 Å². The molecule has 0 fully saturated rings. The first kappa shape index (κ1) is 21.4. The van der Waals surface area contributed by atoms with Crippen LogP contribution < -0.4 is 0 Å². The molecule has 0 rings (SSSR count). The number of ether oxygens (including phenoxy) is 1. The molecule has 0 aromatic carbocycles. The molecule has 0 aliphatic rings. The topological polar surface area (TPSA) is 26.3 Å². The van der Waals surface area contributed by atoms with Crippen LogP contribution >= 0.6 is 0 Å². The first-order valence-corrected chi connectivity index (χ1v) is 8.55. The van der Waals surface area contributed by atoms with Gasteiger partial charge in [0.05, 0.1) is 6.42 Å². The summed E-state index contributed by atoms with van der Waals surface area (Å²) < 4.78 is 5.13. The SMILES string of the molecule is CC(C)=CCCC(C)=CCCC(C)=CCC(=O)OCC=C(C)C. The zero-order valence-electron chi connectivity index (χ0n) is 15.9. The predicted molar refractivity (Wildman–Crippen MR) is 100 cm³/mol. The molecule has 0 unspecified atom stereocenters. The van der Waals surface area contributed by atoms with Gasteiger partial charge in [-0.25, -0.2) is 0 Å². The minimum atomic E-state index is -0.157. The summed E-state index contributed by atoms with van der Waals surface area (Å²) in [5.41, 5.74) is 5.23. The van der Waals surface area contributed by atoms with Crippen LogP contribution in [0.5, 0.6) is 0 Å². The third kappa shape index (κ3) is 15.1. The van der Waals surface area contributed by atoms with Gasteiger partial charge >= 0.3 is 5.97 Å². The van der Waals surface area contributed by atoms with Gasteiger partial charge in [-0.3, -0.25) is 4.79 Å². The Morgan fingerprint density at radius 3 is 1.83 bits per heavy atom. The standard InChI is InChI=1S/C21H34O2/c1-17(2)9-7-10-19(5)11-8-12-20(6)13-14-21(22)23-16-15-18(3)4/h9,11,13,15H,7-8,10,12,14,16H2,1-6H3. The number of carbonyl (C=O) groups is 1. The van der Waals surface area contributed by atoms with Crippen LogP contribution in [-0.4, -0.2) is 12.6 Å². The second-order valence-electron chi connectivity index (χ2n) is 6.63. The van der Waals surface area contributed by atoms with Gasteiger partial charge < -0.3 is 4.74 Å². The molecule has 23 heavy (non-hydrogen) atoms. The lowest BCUT2D eigenvalue weighted by Gasteiger charge is -2.02. The Morgan fingerprint density at radius 2 is 1.26 bits per heavy atom. The average Bonchev–Trinajstić information content (AvgIpc) is 2.44. The van der Waals surface area contributed by atoms with E-state index in [-0.39, 0.29) is 5.97 Å². The van der Waals surface area contributed by atoms with E-state index in [0.717, 1.165) is 31.3 Å². The van der Waals surface area contributed by atoms with E-state index < -0.39 is 0 Å². The van der Waals surface area contributed by atoms with Crippen LogP contribution in [0.15, 0.2) is 46.6 Å². The first-order valence-electron chi connectivity index (χ1n) is 8.55. The molecular weight excluding hydrogens is 284 g/mol. The maximum atomic E-state index is 11.6. The smallest absolute Gasteiger partial charge is 0.309 e. The lowest BCUT2D eigenvalue weighted by atomic mass is 10.1. The Labute approximate surface area is 143 Å². The van der Waals surface area contributed by atoms with Crippen molar-refractivity contribution in [2.75, 3.05) is 6.61 Å². The van der Waals surface area contributed by atoms with Crippen molar-refractivity contribution >= 4 is 5.97 Å². The lowest BCUT2D eigenvalue weighted by Crippen LogP contribution is -2.03. The second kappa shape index (κ2) is 12.9. The van der Waals surface area contributed by atoms with E-state index in [1.807, 2.05) is 26.0 Å². The summed E-state index contributed by atoms with van der Waals surface area (Å²) in [5.74, 6) is -0.157. The van der Waals surface area contributed by atoms with Crippen molar-refractivity contribution in [2.24, 2.45) is 0 Å². The largest absolute Gasteiger partial charge is 0.461 e. The third-order valence-electron chi connectivity index (χ3n) is 3.48. The highest BCUT2D eigenvalue weighted by Gasteiger charge is 1.99. The molecular formula is C21H34O2. The van der Waals surface area contributed by atoms with E-state index in [9.17, 15) is 4.79 Å². The van der Waals surface area contributed by atoms with Crippen molar-refractivity contribution < 1.29 is 9.53 Å². The van der Waals surface area contributed by atoms with E-state index in [4.69, 9.17) is 4.74 Å². The fourth-order valence-corrected chi connectivity index (χ4v) is 1.96. The van der Waals surface area contributed by atoms with Crippen LogP contribution in [0.4, 0.5) is 0 Å². The van der Waals surface area contributed by atoms with Gasteiger partial charge in [-0.1, -0.05) is 40.5 Å². The number of allylic oxidation sites excluding steroid dienone is 6. The van der Waals surface area contributed by atoms with E-state index >= 15 is 0 Å². The highest BCUT2D eigenvalue weighted by atomic mass is 16.5. The Kier molecular flexibility index (Phi) is 12.0. The molecule has 0 aliphatic heterocycles. The van der Waals surface area contributed by atoms with Gasteiger partial charge in [0.2, 0.25) is 0 Å². The van der Waals surface area contributed by atoms with Crippen molar-refractivity contribution in [3.8, 4) is 0 Å². The fraction of sp³-hybridized carbons (Fsp3) is 0.571. The molecule has 0 atom stereocenters. The Morgan fingerprint density at radius 1 is 0.739 bits per heavy atom. The summed E-state index contributed by atoms with van der Waals surface area (Å²) in [7, 11) is 0. The Bertz CT molecular complexity index is 468. The maximum Gasteiger partial charge on any atom is 0.309 e.